The van der Waals surface area contributed by atoms with Gasteiger partial charge >= 0.3 is 0 Å². The molecular formula is C37H42Cl2N4O8S. The van der Waals surface area contributed by atoms with Gasteiger partial charge in [-0.15, -0.1) is 24.2 Å². The molecule has 3 aliphatic rings. The molecular weight excluding hydrogens is 731 g/mol. The third-order valence-corrected chi connectivity index (χ3v) is 11.3. The molecule has 3 aromatic rings. The van der Waals surface area contributed by atoms with Crippen LogP contribution in [-0.4, -0.2) is 91.3 Å². The van der Waals surface area contributed by atoms with Crippen molar-refractivity contribution in [1.82, 2.24) is 10.2 Å². The van der Waals surface area contributed by atoms with Crippen LogP contribution < -0.4 is 35.1 Å². The number of carboxylic acid groups (broad SMARTS) is 1. The maximum absolute atomic E-state index is 13.6. The van der Waals surface area contributed by atoms with Gasteiger partial charge in [0, 0.05) is 24.2 Å². The van der Waals surface area contributed by atoms with Gasteiger partial charge in [-0.2, -0.15) is 0 Å². The summed E-state index contributed by atoms with van der Waals surface area (Å²) in [6.07, 6.45) is 1.95. The number of amides is 2. The quantitative estimate of drug-likeness (QED) is 0.173. The number of carbonyl (C=O) groups excluding carboxylic acids is 3. The van der Waals surface area contributed by atoms with Crippen LogP contribution in [0.15, 0.2) is 71.9 Å². The van der Waals surface area contributed by atoms with Crippen molar-refractivity contribution in [3.63, 3.8) is 0 Å². The van der Waals surface area contributed by atoms with Gasteiger partial charge in [-0.25, -0.2) is 0 Å². The summed E-state index contributed by atoms with van der Waals surface area (Å²) in [4.78, 5) is 39.5. The van der Waals surface area contributed by atoms with Crippen molar-refractivity contribution in [2.45, 2.75) is 37.5 Å². The number of β-lactam (4-membered cyclic amide) rings is 1. The lowest BCUT2D eigenvalue weighted by molar-refractivity contribution is -0.911. The zero-order valence-corrected chi connectivity index (χ0v) is 31.3. The lowest BCUT2D eigenvalue weighted by Crippen LogP contribution is -2.69. The summed E-state index contributed by atoms with van der Waals surface area (Å²) in [5, 5.41) is 15.0. The first-order valence-corrected chi connectivity index (χ1v) is 18.2. The number of carbonyl (C=O) groups is 3. The molecule has 15 heteroatoms. The van der Waals surface area contributed by atoms with Gasteiger partial charge in [0.15, 0.2) is 11.5 Å². The Morgan fingerprint density at radius 2 is 1.56 bits per heavy atom. The largest absolute Gasteiger partial charge is 0.543 e. The highest BCUT2D eigenvalue weighted by molar-refractivity contribution is 8.00. The van der Waals surface area contributed by atoms with Crippen molar-refractivity contribution in [3.05, 3.63) is 93.6 Å². The van der Waals surface area contributed by atoms with Crippen molar-refractivity contribution in [2.75, 3.05) is 52.7 Å². The van der Waals surface area contributed by atoms with E-state index in [0.29, 0.717) is 41.2 Å². The van der Waals surface area contributed by atoms with Crippen LogP contribution in [-0.2, 0) is 22.8 Å². The first-order valence-electron chi connectivity index (χ1n) is 16.7. The highest BCUT2D eigenvalue weighted by Gasteiger charge is 2.51. The number of quaternary nitrogens is 1. The van der Waals surface area contributed by atoms with Crippen LogP contribution in [0.3, 0.4) is 0 Å². The number of benzene rings is 3. The molecule has 2 amide bonds. The number of halogens is 2. The predicted octanol–water partition coefficient (Wildman–Crippen LogP) is 3.52. The van der Waals surface area contributed by atoms with E-state index in [9.17, 15) is 19.5 Å². The molecule has 0 spiro atoms. The third kappa shape index (κ3) is 8.39. The fourth-order valence-corrected chi connectivity index (χ4v) is 8.36. The molecule has 0 radical (unpaired) electrons. The first kappa shape index (κ1) is 39.1. The number of rotatable bonds is 15. The lowest BCUT2D eigenvalue weighted by atomic mass is 10.0. The van der Waals surface area contributed by atoms with Crippen LogP contribution in [0.4, 0.5) is 0 Å². The van der Waals surface area contributed by atoms with Crippen molar-refractivity contribution < 1.29 is 42.9 Å². The Morgan fingerprint density at radius 3 is 2.13 bits per heavy atom. The van der Waals surface area contributed by atoms with E-state index < -0.39 is 17.9 Å². The first-order chi connectivity index (χ1) is 24.6. The zero-order chi connectivity index (χ0) is 36.1. The van der Waals surface area contributed by atoms with E-state index in [1.807, 2.05) is 48.5 Å². The minimum absolute atomic E-state index is 0. The number of methoxy groups -OCH3 is 2. The smallest absolute Gasteiger partial charge is 0.253 e. The number of hydrogen-bond donors (Lipinski definition) is 2. The molecule has 2 saturated heterocycles. The highest BCUT2D eigenvalue weighted by Crippen LogP contribution is 2.41. The molecule has 3 N–H and O–H groups in total. The topological polar surface area (TPSA) is 152 Å². The normalized spacial score (nSPS) is 18.8. The lowest BCUT2D eigenvalue weighted by Gasteiger charge is -2.50. The molecule has 3 heterocycles. The molecule has 278 valence electrons. The summed E-state index contributed by atoms with van der Waals surface area (Å²) in [6, 6.07) is 17.5. The molecule has 0 unspecified atom stereocenters. The van der Waals surface area contributed by atoms with Crippen molar-refractivity contribution in [2.24, 2.45) is 5.73 Å². The van der Waals surface area contributed by atoms with E-state index in [1.54, 1.807) is 26.4 Å². The summed E-state index contributed by atoms with van der Waals surface area (Å²) < 4.78 is 23.4. The fraction of sp³-hybridized carbons (Fsp3) is 0.378. The van der Waals surface area contributed by atoms with E-state index in [0.717, 1.165) is 48.6 Å². The average Bonchev–Trinajstić information content (AvgIpc) is 3.61. The van der Waals surface area contributed by atoms with Crippen LogP contribution in [0.2, 0.25) is 5.02 Å². The van der Waals surface area contributed by atoms with E-state index in [2.05, 4.69) is 5.32 Å². The van der Waals surface area contributed by atoms with Gasteiger partial charge in [0.25, 0.3) is 5.91 Å². The van der Waals surface area contributed by atoms with Gasteiger partial charge in [-0.3, -0.25) is 14.5 Å². The molecule has 0 aliphatic carbocycles. The van der Waals surface area contributed by atoms with Crippen LogP contribution in [0, 0.1) is 0 Å². The molecule has 52 heavy (non-hydrogen) atoms. The van der Waals surface area contributed by atoms with Gasteiger partial charge in [-0.05, 0) is 47.5 Å². The predicted molar refractivity (Wildman–Crippen MR) is 198 cm³/mol. The third-order valence-electron chi connectivity index (χ3n) is 9.60. The highest BCUT2D eigenvalue weighted by atomic mass is 35.5. The van der Waals surface area contributed by atoms with Crippen LogP contribution in [0.5, 0.6) is 23.0 Å². The number of likely N-dealkylation sites (tertiary alicyclic amines) is 1. The number of carboxylic acids is 1. The van der Waals surface area contributed by atoms with Crippen molar-refractivity contribution in [1.29, 1.82) is 0 Å². The minimum Gasteiger partial charge on any atom is -0.543 e. The molecule has 2 fully saturated rings. The fourth-order valence-electron chi connectivity index (χ4n) is 6.79. The van der Waals surface area contributed by atoms with E-state index in [-0.39, 0.29) is 58.9 Å². The molecule has 6 rings (SSSR count). The SMILES string of the molecule is COc1ccc(COc2ccc(C(=O)NCC[N+]3(CC4=C(C(=O)[O-])N5C(=O)[C@@H](N)[C@H]5SC4)CCCC3)c(Cl)c2OCc2ccc(OC)cc2)cc1.Cl. The Balaban J connectivity index is 0.00000523. The molecule has 0 saturated carbocycles. The van der Waals surface area contributed by atoms with Crippen LogP contribution in [0.1, 0.15) is 34.3 Å². The molecule has 0 bridgehead atoms. The second kappa shape index (κ2) is 17.1. The van der Waals surface area contributed by atoms with Gasteiger partial charge in [0.05, 0.1) is 62.7 Å². The molecule has 2 atom stereocenters. The number of fused-ring (bicyclic) bond motifs is 1. The Morgan fingerprint density at radius 1 is 0.962 bits per heavy atom. The van der Waals surface area contributed by atoms with Crippen LogP contribution >= 0.6 is 35.8 Å². The Labute approximate surface area is 318 Å². The summed E-state index contributed by atoms with van der Waals surface area (Å²) >= 11 is 8.37. The molecule has 3 aromatic carbocycles. The number of aliphatic carboxylic acids is 1. The molecule has 0 aromatic heterocycles. The zero-order valence-electron chi connectivity index (χ0n) is 28.9. The van der Waals surface area contributed by atoms with Gasteiger partial charge in [-0.1, -0.05) is 35.9 Å². The summed E-state index contributed by atoms with van der Waals surface area (Å²) in [7, 11) is 3.21. The minimum atomic E-state index is -1.36. The van der Waals surface area contributed by atoms with Gasteiger partial charge in [0.2, 0.25) is 5.91 Å². The Kier molecular flexibility index (Phi) is 12.9. The van der Waals surface area contributed by atoms with Crippen molar-refractivity contribution in [3.8, 4) is 23.0 Å². The number of ether oxygens (including phenoxy) is 4. The standard InChI is InChI=1S/C37H41ClN4O8S.ClH/c1-47-26-9-5-23(6-10-26)20-49-29-14-13-28(30(38)33(29)50-21-24-7-11-27(48-2)12-8-24)34(43)40-15-18-42(16-3-4-17-42)19-25-22-51-36-31(39)35(44)41(36)32(25)37(45)46;/h5-14,31,36H,3-4,15-22,39H2,1-2H3,(H-,40,43,45,46);1H/t31-,36-;/m1./s1. The molecule has 12 nitrogen and oxygen atoms in total. The maximum Gasteiger partial charge on any atom is 0.253 e. The maximum atomic E-state index is 13.6. The monoisotopic (exact) mass is 772 g/mol. The van der Waals surface area contributed by atoms with Crippen LogP contribution in [0.25, 0.3) is 0 Å². The molecule has 3 aliphatic heterocycles. The summed E-state index contributed by atoms with van der Waals surface area (Å²) in [6.45, 7) is 3.40. The van der Waals surface area contributed by atoms with E-state index in [1.165, 1.54) is 16.7 Å². The Bertz CT molecular complexity index is 1800. The second-order valence-electron chi connectivity index (χ2n) is 12.8. The Hall–Kier alpha value is -4.14. The summed E-state index contributed by atoms with van der Waals surface area (Å²) in [5.74, 6) is 0.398. The average molecular weight is 774 g/mol. The van der Waals surface area contributed by atoms with Crippen molar-refractivity contribution >= 4 is 53.6 Å². The number of thioether (sulfide) groups is 1. The number of nitrogens with one attached hydrogen (secondary N) is 1. The van der Waals surface area contributed by atoms with Gasteiger partial charge in [0.1, 0.15) is 42.7 Å². The number of nitrogens with two attached hydrogens (primary N) is 1. The van der Waals surface area contributed by atoms with E-state index in [4.69, 9.17) is 36.3 Å². The number of hydrogen-bond acceptors (Lipinski definition) is 10. The second-order valence-corrected chi connectivity index (χ2v) is 14.3. The van der Waals surface area contributed by atoms with Gasteiger partial charge < -0.3 is 44.4 Å². The summed E-state index contributed by atoms with van der Waals surface area (Å²) in [5.41, 5.74) is 8.54. The van der Waals surface area contributed by atoms with E-state index >= 15 is 0 Å². The number of nitrogens with zero attached hydrogens (tertiary/aromatic N) is 2.